The molecule has 0 spiro atoms. The fourth-order valence-corrected chi connectivity index (χ4v) is 2.84. The molecular formula is C17H25IN8O2. The van der Waals surface area contributed by atoms with E-state index in [9.17, 15) is 4.79 Å². The molecule has 1 amide bonds. The van der Waals surface area contributed by atoms with Gasteiger partial charge in [0.1, 0.15) is 11.8 Å². The number of nitrogens with one attached hydrogen (secondary N) is 2. The molecule has 1 aliphatic heterocycles. The molecule has 0 aliphatic carbocycles. The van der Waals surface area contributed by atoms with E-state index in [4.69, 9.17) is 4.74 Å². The van der Waals surface area contributed by atoms with Crippen LogP contribution in [0.3, 0.4) is 0 Å². The summed E-state index contributed by atoms with van der Waals surface area (Å²) in [6.07, 6.45) is 8.21. The highest BCUT2D eigenvalue weighted by Crippen LogP contribution is 2.21. The number of guanidine groups is 1. The zero-order valence-electron chi connectivity index (χ0n) is 15.9. The standard InChI is InChI=1S/C17H24N8O2.HI/c1-18-17(22-6-5-21-16(26)14-10-19-3-4-20-14)25-7-8-27-15(12-25)13-9-23-24(2)11-13;/h3-4,9-11,15H,5-8,12H2,1-2H3,(H,18,22)(H,21,26);1H. The van der Waals surface area contributed by atoms with Gasteiger partial charge < -0.3 is 20.3 Å². The molecule has 1 saturated heterocycles. The molecule has 1 aliphatic rings. The van der Waals surface area contributed by atoms with E-state index in [1.807, 2.05) is 19.4 Å². The van der Waals surface area contributed by atoms with E-state index in [1.54, 1.807) is 11.7 Å². The van der Waals surface area contributed by atoms with Crippen LogP contribution in [-0.4, -0.2) is 76.3 Å². The van der Waals surface area contributed by atoms with Gasteiger partial charge in [0.2, 0.25) is 0 Å². The Morgan fingerprint density at radius 1 is 1.32 bits per heavy atom. The molecule has 2 N–H and O–H groups in total. The fraction of sp³-hybridized carbons (Fsp3) is 0.471. The highest BCUT2D eigenvalue weighted by molar-refractivity contribution is 14.0. The van der Waals surface area contributed by atoms with Gasteiger partial charge in [0.15, 0.2) is 5.96 Å². The molecule has 1 unspecified atom stereocenters. The van der Waals surface area contributed by atoms with Crippen LogP contribution in [0.2, 0.25) is 0 Å². The number of aromatic nitrogens is 4. The van der Waals surface area contributed by atoms with E-state index in [0.717, 1.165) is 18.1 Å². The van der Waals surface area contributed by atoms with Gasteiger partial charge in [-0.3, -0.25) is 19.5 Å². The molecule has 1 atom stereocenters. The number of aryl methyl sites for hydroxylation is 1. The minimum atomic E-state index is -0.247. The maximum Gasteiger partial charge on any atom is 0.271 e. The van der Waals surface area contributed by atoms with Crippen LogP contribution in [0.4, 0.5) is 0 Å². The summed E-state index contributed by atoms with van der Waals surface area (Å²) in [6.45, 7) is 3.06. The van der Waals surface area contributed by atoms with Crippen molar-refractivity contribution in [3.63, 3.8) is 0 Å². The second-order valence-electron chi connectivity index (χ2n) is 6.07. The van der Waals surface area contributed by atoms with Crippen molar-refractivity contribution < 1.29 is 9.53 Å². The van der Waals surface area contributed by atoms with E-state index in [1.165, 1.54) is 18.6 Å². The summed E-state index contributed by atoms with van der Waals surface area (Å²) < 4.78 is 7.63. The van der Waals surface area contributed by atoms with Gasteiger partial charge in [-0.25, -0.2) is 4.98 Å². The van der Waals surface area contributed by atoms with E-state index in [2.05, 4.69) is 35.6 Å². The summed E-state index contributed by atoms with van der Waals surface area (Å²) in [6, 6.07) is 0. The van der Waals surface area contributed by atoms with Crippen LogP contribution in [0.1, 0.15) is 22.2 Å². The fourth-order valence-electron chi connectivity index (χ4n) is 2.84. The van der Waals surface area contributed by atoms with Gasteiger partial charge in [0.05, 0.1) is 25.5 Å². The number of morpholine rings is 1. The minimum Gasteiger partial charge on any atom is -0.370 e. The number of carbonyl (C=O) groups excluding carboxylic acids is 1. The number of nitrogens with zero attached hydrogens (tertiary/aromatic N) is 6. The van der Waals surface area contributed by atoms with Gasteiger partial charge in [-0.15, -0.1) is 24.0 Å². The number of aliphatic imine (C=N–C) groups is 1. The molecule has 28 heavy (non-hydrogen) atoms. The third kappa shape index (κ3) is 5.86. The van der Waals surface area contributed by atoms with Crippen molar-refractivity contribution in [2.75, 3.05) is 39.8 Å². The average Bonchev–Trinajstić information content (AvgIpc) is 3.15. The lowest BCUT2D eigenvalue weighted by atomic mass is 10.1. The topological polar surface area (TPSA) is 110 Å². The van der Waals surface area contributed by atoms with Crippen molar-refractivity contribution in [2.45, 2.75) is 6.10 Å². The molecule has 1 fully saturated rings. The summed E-state index contributed by atoms with van der Waals surface area (Å²) in [5, 5.41) is 10.3. The summed E-state index contributed by atoms with van der Waals surface area (Å²) >= 11 is 0. The first kappa shape index (κ1) is 22.0. The van der Waals surface area contributed by atoms with E-state index in [-0.39, 0.29) is 36.0 Å². The predicted octanol–water partition coefficient (Wildman–Crippen LogP) is 0.207. The van der Waals surface area contributed by atoms with Crippen molar-refractivity contribution in [1.82, 2.24) is 35.3 Å². The lowest BCUT2D eigenvalue weighted by molar-refractivity contribution is -0.00800. The largest absolute Gasteiger partial charge is 0.370 e. The highest BCUT2D eigenvalue weighted by atomic mass is 127. The van der Waals surface area contributed by atoms with E-state index >= 15 is 0 Å². The molecule has 0 radical (unpaired) electrons. The van der Waals surface area contributed by atoms with Gasteiger partial charge >= 0.3 is 0 Å². The monoisotopic (exact) mass is 500 g/mol. The van der Waals surface area contributed by atoms with Crippen LogP contribution in [-0.2, 0) is 11.8 Å². The van der Waals surface area contributed by atoms with Gasteiger partial charge in [0.25, 0.3) is 5.91 Å². The molecule has 0 bridgehead atoms. The number of carbonyl (C=O) groups is 1. The molecule has 3 rings (SSSR count). The quantitative estimate of drug-likeness (QED) is 0.262. The Hall–Kier alpha value is -2.28. The normalized spacial score (nSPS) is 17.0. The van der Waals surface area contributed by atoms with Crippen molar-refractivity contribution in [1.29, 1.82) is 0 Å². The van der Waals surface area contributed by atoms with Crippen LogP contribution >= 0.6 is 24.0 Å². The third-order valence-electron chi connectivity index (χ3n) is 4.16. The highest BCUT2D eigenvalue weighted by Gasteiger charge is 2.25. The molecule has 0 aromatic carbocycles. The number of rotatable bonds is 5. The summed E-state index contributed by atoms with van der Waals surface area (Å²) in [7, 11) is 3.63. The lowest BCUT2D eigenvalue weighted by Gasteiger charge is -2.34. The molecule has 2 aromatic rings. The Balaban J connectivity index is 0.00000280. The maximum absolute atomic E-state index is 12.0. The first-order chi connectivity index (χ1) is 13.2. The second-order valence-corrected chi connectivity index (χ2v) is 6.07. The van der Waals surface area contributed by atoms with E-state index in [0.29, 0.717) is 31.9 Å². The van der Waals surface area contributed by atoms with Crippen molar-refractivity contribution in [3.05, 3.63) is 42.2 Å². The minimum absolute atomic E-state index is 0. The van der Waals surface area contributed by atoms with Crippen LogP contribution in [0.5, 0.6) is 0 Å². The van der Waals surface area contributed by atoms with E-state index < -0.39 is 0 Å². The summed E-state index contributed by atoms with van der Waals surface area (Å²) in [5.74, 6) is 0.531. The van der Waals surface area contributed by atoms with Crippen molar-refractivity contribution >= 4 is 35.8 Å². The van der Waals surface area contributed by atoms with Crippen molar-refractivity contribution in [2.24, 2.45) is 12.0 Å². The Morgan fingerprint density at radius 3 is 2.82 bits per heavy atom. The van der Waals surface area contributed by atoms with Crippen LogP contribution in [0.15, 0.2) is 36.0 Å². The molecule has 2 aromatic heterocycles. The maximum atomic E-state index is 12.0. The molecule has 152 valence electrons. The Morgan fingerprint density at radius 2 is 2.14 bits per heavy atom. The number of ether oxygens (including phenoxy) is 1. The number of hydrogen-bond acceptors (Lipinski definition) is 6. The first-order valence-electron chi connectivity index (χ1n) is 8.77. The van der Waals surface area contributed by atoms with Gasteiger partial charge in [0, 0.05) is 57.9 Å². The smallest absolute Gasteiger partial charge is 0.271 e. The molecule has 11 heteroatoms. The first-order valence-corrected chi connectivity index (χ1v) is 8.77. The summed E-state index contributed by atoms with van der Waals surface area (Å²) in [4.78, 5) is 26.3. The zero-order valence-corrected chi connectivity index (χ0v) is 18.2. The molecule has 10 nitrogen and oxygen atoms in total. The summed E-state index contributed by atoms with van der Waals surface area (Å²) in [5.41, 5.74) is 1.35. The van der Waals surface area contributed by atoms with Crippen LogP contribution in [0.25, 0.3) is 0 Å². The van der Waals surface area contributed by atoms with Gasteiger partial charge in [-0.2, -0.15) is 5.10 Å². The second kappa shape index (κ2) is 10.9. The Bertz CT molecular complexity index is 782. The Labute approximate surface area is 180 Å². The molecule has 3 heterocycles. The zero-order chi connectivity index (χ0) is 19.1. The Kier molecular flexibility index (Phi) is 8.57. The van der Waals surface area contributed by atoms with Crippen LogP contribution < -0.4 is 10.6 Å². The van der Waals surface area contributed by atoms with Gasteiger partial charge in [-0.1, -0.05) is 0 Å². The number of amides is 1. The third-order valence-corrected chi connectivity index (χ3v) is 4.16. The predicted molar refractivity (Wildman–Crippen MR) is 115 cm³/mol. The number of hydrogen-bond donors (Lipinski definition) is 2. The number of halogens is 1. The van der Waals surface area contributed by atoms with Crippen molar-refractivity contribution in [3.8, 4) is 0 Å². The average molecular weight is 500 g/mol. The molecule has 0 saturated carbocycles. The SMILES string of the molecule is CN=C(NCCNC(=O)c1cnccn1)N1CCOC(c2cnn(C)c2)C1.I. The van der Waals surface area contributed by atoms with Gasteiger partial charge in [-0.05, 0) is 0 Å². The van der Waals surface area contributed by atoms with Crippen LogP contribution in [0, 0.1) is 0 Å². The molecular weight excluding hydrogens is 475 g/mol. The lowest BCUT2D eigenvalue weighted by Crippen LogP contribution is -2.49.